The summed E-state index contributed by atoms with van der Waals surface area (Å²) in [7, 11) is 2.01. The van der Waals surface area contributed by atoms with E-state index in [0.29, 0.717) is 6.04 Å². The van der Waals surface area contributed by atoms with Crippen LogP contribution in [0.4, 0.5) is 0 Å². The molecule has 0 aliphatic rings. The summed E-state index contributed by atoms with van der Waals surface area (Å²) in [6, 6.07) is 2.52. The summed E-state index contributed by atoms with van der Waals surface area (Å²) in [6.07, 6.45) is 3.01. The zero-order chi connectivity index (χ0) is 12.7. The van der Waals surface area contributed by atoms with Gasteiger partial charge in [0.1, 0.15) is 0 Å². The van der Waals surface area contributed by atoms with Crippen molar-refractivity contribution in [3.8, 4) is 0 Å². The van der Waals surface area contributed by atoms with Crippen molar-refractivity contribution in [2.45, 2.75) is 33.2 Å². The van der Waals surface area contributed by atoms with Gasteiger partial charge in [-0.2, -0.15) is 5.10 Å². The van der Waals surface area contributed by atoms with Gasteiger partial charge in [0.15, 0.2) is 0 Å². The molecule has 0 bridgehead atoms. The van der Waals surface area contributed by atoms with E-state index >= 15 is 0 Å². The lowest BCUT2D eigenvalue weighted by molar-refractivity contribution is 0.280. The number of hydrogen-bond acceptors (Lipinski definition) is 3. The second kappa shape index (κ2) is 7.45. The molecular formula is C13H26N4. The first-order valence-electron chi connectivity index (χ1n) is 6.66. The Morgan fingerprint density at radius 3 is 2.53 bits per heavy atom. The number of nitrogens with zero attached hydrogens (tertiary/aromatic N) is 3. The minimum Gasteiger partial charge on any atom is -0.309 e. The average molecular weight is 238 g/mol. The van der Waals surface area contributed by atoms with Crippen LogP contribution < -0.4 is 5.32 Å². The van der Waals surface area contributed by atoms with Gasteiger partial charge in [-0.25, -0.2) is 0 Å². The number of rotatable bonds is 8. The number of nitrogens with one attached hydrogen (secondary N) is 1. The lowest BCUT2D eigenvalue weighted by Gasteiger charge is -2.23. The Kier molecular flexibility index (Phi) is 6.22. The topological polar surface area (TPSA) is 33.1 Å². The van der Waals surface area contributed by atoms with Crippen molar-refractivity contribution >= 4 is 0 Å². The molecule has 1 heterocycles. The van der Waals surface area contributed by atoms with E-state index in [1.807, 2.05) is 17.9 Å². The molecule has 0 amide bonds. The number of hydrogen-bond donors (Lipinski definition) is 1. The van der Waals surface area contributed by atoms with Crippen LogP contribution in [0.15, 0.2) is 12.3 Å². The largest absolute Gasteiger partial charge is 0.309 e. The zero-order valence-electron chi connectivity index (χ0n) is 11.6. The summed E-state index contributed by atoms with van der Waals surface area (Å²) in [5.41, 5.74) is 1.28. The molecule has 1 aromatic rings. The molecule has 1 unspecified atom stereocenters. The Morgan fingerprint density at radius 2 is 2.06 bits per heavy atom. The third-order valence-electron chi connectivity index (χ3n) is 3.29. The van der Waals surface area contributed by atoms with Crippen LogP contribution in [0.3, 0.4) is 0 Å². The highest BCUT2D eigenvalue weighted by Gasteiger charge is 2.14. The fourth-order valence-corrected chi connectivity index (χ4v) is 2.18. The van der Waals surface area contributed by atoms with Gasteiger partial charge in [-0.15, -0.1) is 0 Å². The van der Waals surface area contributed by atoms with Crippen molar-refractivity contribution in [3.63, 3.8) is 0 Å². The van der Waals surface area contributed by atoms with Crippen LogP contribution in [0.1, 0.15) is 38.9 Å². The van der Waals surface area contributed by atoms with Crippen molar-refractivity contribution in [1.82, 2.24) is 20.0 Å². The van der Waals surface area contributed by atoms with Gasteiger partial charge in [0.2, 0.25) is 0 Å². The predicted molar refractivity (Wildman–Crippen MR) is 72.0 cm³/mol. The van der Waals surface area contributed by atoms with Crippen molar-refractivity contribution in [3.05, 3.63) is 18.0 Å². The molecule has 4 nitrogen and oxygen atoms in total. The van der Waals surface area contributed by atoms with Gasteiger partial charge in [-0.05, 0) is 38.7 Å². The van der Waals surface area contributed by atoms with Gasteiger partial charge in [-0.3, -0.25) is 4.68 Å². The summed E-state index contributed by atoms with van der Waals surface area (Å²) in [5.74, 6) is 0. The number of aryl methyl sites for hydroxylation is 1. The zero-order valence-corrected chi connectivity index (χ0v) is 11.6. The summed E-state index contributed by atoms with van der Waals surface area (Å²) in [6.45, 7) is 11.0. The molecule has 0 aromatic carbocycles. The maximum atomic E-state index is 4.25. The van der Waals surface area contributed by atoms with Gasteiger partial charge in [0.25, 0.3) is 0 Å². The van der Waals surface area contributed by atoms with Crippen LogP contribution in [0, 0.1) is 0 Å². The van der Waals surface area contributed by atoms with E-state index in [1.54, 1.807) is 0 Å². The fraction of sp³-hybridized carbons (Fsp3) is 0.769. The molecule has 0 aliphatic heterocycles. The van der Waals surface area contributed by atoms with E-state index < -0.39 is 0 Å². The van der Waals surface area contributed by atoms with E-state index in [-0.39, 0.29) is 0 Å². The molecule has 4 heteroatoms. The van der Waals surface area contributed by atoms with Crippen LogP contribution >= 0.6 is 0 Å². The highest BCUT2D eigenvalue weighted by Crippen LogP contribution is 2.16. The van der Waals surface area contributed by atoms with E-state index in [1.165, 1.54) is 5.69 Å². The Hall–Kier alpha value is -0.870. The van der Waals surface area contributed by atoms with Crippen LogP contribution in [-0.4, -0.2) is 40.9 Å². The summed E-state index contributed by atoms with van der Waals surface area (Å²) < 4.78 is 1.97. The lowest BCUT2D eigenvalue weighted by atomic mass is 10.1. The molecule has 0 saturated heterocycles. The normalized spacial score (nSPS) is 13.2. The maximum absolute atomic E-state index is 4.25. The lowest BCUT2D eigenvalue weighted by Crippen LogP contribution is -2.30. The minimum atomic E-state index is 0.410. The molecular weight excluding hydrogens is 212 g/mol. The Labute approximate surface area is 105 Å². The molecule has 1 rings (SSSR count). The Morgan fingerprint density at radius 1 is 1.35 bits per heavy atom. The second-order valence-corrected chi connectivity index (χ2v) is 4.31. The van der Waals surface area contributed by atoms with Crippen molar-refractivity contribution in [1.29, 1.82) is 0 Å². The van der Waals surface area contributed by atoms with Crippen molar-refractivity contribution < 1.29 is 0 Å². The molecule has 1 aromatic heterocycles. The third-order valence-corrected chi connectivity index (χ3v) is 3.29. The van der Waals surface area contributed by atoms with Gasteiger partial charge in [-0.1, -0.05) is 20.8 Å². The molecule has 98 valence electrons. The third kappa shape index (κ3) is 4.13. The first-order valence-corrected chi connectivity index (χ1v) is 6.66. The standard InChI is InChI=1S/C13H26N4/c1-5-14-12(9-11-17(6-2)7-3)13-8-10-15-16(13)4/h8,10,12,14H,5-7,9,11H2,1-4H3. The molecule has 1 atom stereocenters. The predicted octanol–water partition coefficient (Wildman–Crippen LogP) is 1.80. The van der Waals surface area contributed by atoms with Gasteiger partial charge in [0.05, 0.1) is 11.7 Å². The summed E-state index contributed by atoms with van der Waals surface area (Å²) >= 11 is 0. The highest BCUT2D eigenvalue weighted by atomic mass is 15.3. The molecule has 0 spiro atoms. The van der Waals surface area contributed by atoms with E-state index in [9.17, 15) is 0 Å². The monoisotopic (exact) mass is 238 g/mol. The molecule has 0 saturated carbocycles. The van der Waals surface area contributed by atoms with Gasteiger partial charge >= 0.3 is 0 Å². The first kappa shape index (κ1) is 14.2. The van der Waals surface area contributed by atoms with E-state index in [2.05, 4.69) is 42.2 Å². The van der Waals surface area contributed by atoms with E-state index in [4.69, 9.17) is 0 Å². The average Bonchev–Trinajstić information content (AvgIpc) is 2.75. The second-order valence-electron chi connectivity index (χ2n) is 4.31. The summed E-state index contributed by atoms with van der Waals surface area (Å²) in [4.78, 5) is 2.46. The van der Waals surface area contributed by atoms with Crippen LogP contribution in [0.5, 0.6) is 0 Å². The SMILES string of the molecule is CCNC(CCN(CC)CC)c1ccnn1C. The molecule has 1 N–H and O–H groups in total. The van der Waals surface area contributed by atoms with Crippen LogP contribution in [0.25, 0.3) is 0 Å². The number of aromatic nitrogens is 2. The Balaban J connectivity index is 2.58. The van der Waals surface area contributed by atoms with Gasteiger partial charge in [0, 0.05) is 13.2 Å². The highest BCUT2D eigenvalue weighted by molar-refractivity contribution is 5.06. The minimum absolute atomic E-state index is 0.410. The summed E-state index contributed by atoms with van der Waals surface area (Å²) in [5, 5.41) is 7.79. The van der Waals surface area contributed by atoms with Crippen LogP contribution in [-0.2, 0) is 7.05 Å². The first-order chi connectivity index (χ1) is 8.22. The van der Waals surface area contributed by atoms with Crippen LogP contribution in [0.2, 0.25) is 0 Å². The van der Waals surface area contributed by atoms with Gasteiger partial charge < -0.3 is 10.2 Å². The molecule has 17 heavy (non-hydrogen) atoms. The maximum Gasteiger partial charge on any atom is 0.0550 e. The van der Waals surface area contributed by atoms with Crippen molar-refractivity contribution in [2.75, 3.05) is 26.2 Å². The smallest absolute Gasteiger partial charge is 0.0550 e. The van der Waals surface area contributed by atoms with E-state index in [0.717, 1.165) is 32.6 Å². The quantitative estimate of drug-likeness (QED) is 0.750. The Bertz CT molecular complexity index is 304. The fourth-order valence-electron chi connectivity index (χ4n) is 2.18. The van der Waals surface area contributed by atoms with Crippen molar-refractivity contribution in [2.24, 2.45) is 7.05 Å². The molecule has 0 aliphatic carbocycles. The molecule has 0 fully saturated rings. The molecule has 0 radical (unpaired) electrons.